The van der Waals surface area contributed by atoms with Crippen molar-refractivity contribution in [2.45, 2.75) is 63.3 Å². The van der Waals surface area contributed by atoms with E-state index in [1.165, 1.54) is 24.8 Å². The fraction of sp³-hybridized carbons (Fsp3) is 0.611. The zero-order chi connectivity index (χ0) is 17.6. The van der Waals surface area contributed by atoms with Gasteiger partial charge in [-0.05, 0) is 42.6 Å². The van der Waals surface area contributed by atoms with Crippen LogP contribution in [0.25, 0.3) is 0 Å². The molecule has 0 spiro atoms. The van der Waals surface area contributed by atoms with E-state index in [0.717, 1.165) is 25.7 Å². The topological polar surface area (TPSA) is 104 Å². The van der Waals surface area contributed by atoms with Gasteiger partial charge < -0.3 is 20.9 Å². The second kappa shape index (κ2) is 8.65. The minimum Gasteiger partial charge on any atom is -0.480 e. The van der Waals surface area contributed by atoms with Crippen LogP contribution in [-0.4, -0.2) is 33.8 Å². The van der Waals surface area contributed by atoms with Crippen LogP contribution >= 0.6 is 0 Å². The molecule has 132 valence electrons. The summed E-state index contributed by atoms with van der Waals surface area (Å²) in [6.45, 7) is 0. The third-order valence-electron chi connectivity index (χ3n) is 5.09. The van der Waals surface area contributed by atoms with Gasteiger partial charge in [-0.15, -0.1) is 0 Å². The molecule has 0 aromatic heterocycles. The second-order valence-electron chi connectivity index (χ2n) is 7.16. The Morgan fingerprint density at radius 2 is 1.67 bits per heavy atom. The molecule has 0 unspecified atom stereocenters. The SMILES string of the molecule is NC1(C(=O)O)CC(CCCCCCCc2ccc(B(O)O)cc2)C1. The molecule has 1 saturated carbocycles. The number of carbonyl (C=O) groups is 1. The Morgan fingerprint density at radius 3 is 2.25 bits per heavy atom. The molecule has 0 heterocycles. The number of rotatable bonds is 10. The number of aliphatic carboxylic acids is 1. The van der Waals surface area contributed by atoms with Gasteiger partial charge >= 0.3 is 13.1 Å². The van der Waals surface area contributed by atoms with Crippen LogP contribution in [-0.2, 0) is 11.2 Å². The van der Waals surface area contributed by atoms with E-state index in [9.17, 15) is 4.79 Å². The summed E-state index contributed by atoms with van der Waals surface area (Å²) in [7, 11) is -1.39. The summed E-state index contributed by atoms with van der Waals surface area (Å²) in [6.07, 6.45) is 9.23. The number of carboxylic acids is 1. The molecule has 24 heavy (non-hydrogen) atoms. The van der Waals surface area contributed by atoms with Gasteiger partial charge in [0.15, 0.2) is 0 Å². The Balaban J connectivity index is 1.48. The van der Waals surface area contributed by atoms with Crippen LogP contribution in [0.1, 0.15) is 56.9 Å². The molecular weight excluding hydrogens is 305 g/mol. The molecule has 5 N–H and O–H groups in total. The van der Waals surface area contributed by atoms with Gasteiger partial charge in [0, 0.05) is 0 Å². The van der Waals surface area contributed by atoms with E-state index < -0.39 is 18.6 Å². The number of carboxylic acid groups (broad SMARTS) is 1. The maximum absolute atomic E-state index is 10.9. The van der Waals surface area contributed by atoms with Crippen molar-refractivity contribution in [2.24, 2.45) is 11.7 Å². The molecule has 0 saturated heterocycles. The van der Waals surface area contributed by atoms with E-state index in [-0.39, 0.29) is 0 Å². The molecule has 0 radical (unpaired) electrons. The summed E-state index contributed by atoms with van der Waals surface area (Å²) in [5.41, 5.74) is 6.56. The van der Waals surface area contributed by atoms with Crippen molar-refractivity contribution >= 4 is 18.6 Å². The first kappa shape index (κ1) is 19.0. The lowest BCUT2D eigenvalue weighted by atomic mass is 9.67. The summed E-state index contributed by atoms with van der Waals surface area (Å²) in [6, 6.07) is 7.42. The zero-order valence-electron chi connectivity index (χ0n) is 14.2. The van der Waals surface area contributed by atoms with Crippen LogP contribution in [0.4, 0.5) is 0 Å². The number of benzene rings is 1. The smallest absolute Gasteiger partial charge is 0.480 e. The first-order valence-electron chi connectivity index (χ1n) is 8.88. The number of nitrogens with two attached hydrogens (primary N) is 1. The van der Waals surface area contributed by atoms with Crippen molar-refractivity contribution in [1.82, 2.24) is 0 Å². The van der Waals surface area contributed by atoms with Crippen LogP contribution in [0.15, 0.2) is 24.3 Å². The summed E-state index contributed by atoms with van der Waals surface area (Å²) in [5, 5.41) is 27.1. The Morgan fingerprint density at radius 1 is 1.08 bits per heavy atom. The highest BCUT2D eigenvalue weighted by Crippen LogP contribution is 2.39. The third kappa shape index (κ3) is 5.33. The maximum Gasteiger partial charge on any atom is 0.488 e. The van der Waals surface area contributed by atoms with Crippen LogP contribution < -0.4 is 11.2 Å². The Labute approximate surface area is 144 Å². The van der Waals surface area contributed by atoms with Gasteiger partial charge in [-0.3, -0.25) is 4.79 Å². The van der Waals surface area contributed by atoms with Gasteiger partial charge in [-0.1, -0.05) is 56.4 Å². The molecule has 1 aliphatic rings. The van der Waals surface area contributed by atoms with E-state index in [0.29, 0.717) is 24.2 Å². The summed E-state index contributed by atoms with van der Waals surface area (Å²) in [4.78, 5) is 10.9. The molecule has 2 rings (SSSR count). The van der Waals surface area contributed by atoms with Gasteiger partial charge in [0.1, 0.15) is 5.54 Å². The zero-order valence-corrected chi connectivity index (χ0v) is 14.2. The highest BCUT2D eigenvalue weighted by atomic mass is 16.4. The fourth-order valence-corrected chi connectivity index (χ4v) is 3.50. The quantitative estimate of drug-likeness (QED) is 0.383. The summed E-state index contributed by atoms with van der Waals surface area (Å²) < 4.78 is 0. The monoisotopic (exact) mass is 333 g/mol. The molecule has 0 atom stereocenters. The first-order chi connectivity index (χ1) is 11.4. The van der Waals surface area contributed by atoms with E-state index in [1.54, 1.807) is 12.1 Å². The lowest BCUT2D eigenvalue weighted by molar-refractivity contribution is -0.149. The second-order valence-corrected chi connectivity index (χ2v) is 7.16. The minimum absolute atomic E-state index is 0.492. The average Bonchev–Trinajstić information content (AvgIpc) is 2.52. The van der Waals surface area contributed by atoms with E-state index >= 15 is 0 Å². The molecule has 1 aromatic rings. The first-order valence-corrected chi connectivity index (χ1v) is 8.88. The van der Waals surface area contributed by atoms with E-state index in [1.807, 2.05) is 12.1 Å². The normalized spacial score (nSPS) is 22.9. The van der Waals surface area contributed by atoms with Gasteiger partial charge in [-0.2, -0.15) is 0 Å². The number of hydrogen-bond acceptors (Lipinski definition) is 4. The Bertz CT molecular complexity index is 526. The summed E-state index contributed by atoms with van der Waals surface area (Å²) >= 11 is 0. The Kier molecular flexibility index (Phi) is 6.84. The largest absolute Gasteiger partial charge is 0.488 e. The van der Waals surface area contributed by atoms with Crippen molar-refractivity contribution in [3.8, 4) is 0 Å². The molecule has 0 aliphatic heterocycles. The number of aryl methyl sites for hydroxylation is 1. The highest BCUT2D eigenvalue weighted by Gasteiger charge is 2.46. The maximum atomic E-state index is 10.9. The highest BCUT2D eigenvalue weighted by molar-refractivity contribution is 6.58. The molecule has 1 aliphatic carbocycles. The predicted octanol–water partition coefficient (Wildman–Crippen LogP) is 1.44. The Hall–Kier alpha value is -1.37. The van der Waals surface area contributed by atoms with Gasteiger partial charge in [-0.25, -0.2) is 0 Å². The van der Waals surface area contributed by atoms with E-state index in [2.05, 4.69) is 0 Å². The standard InChI is InChI=1S/C18H28BNO4/c20-18(17(21)22)12-15(13-18)7-5-3-1-2-4-6-14-8-10-16(11-9-14)19(23)24/h8-11,15,23-24H,1-7,12-13,20H2,(H,21,22). The minimum atomic E-state index is -1.39. The predicted molar refractivity (Wildman–Crippen MR) is 95.0 cm³/mol. The van der Waals surface area contributed by atoms with Crippen LogP contribution in [0.3, 0.4) is 0 Å². The lowest BCUT2D eigenvalue weighted by Crippen LogP contribution is -2.57. The molecule has 1 fully saturated rings. The molecule has 6 heteroatoms. The van der Waals surface area contributed by atoms with Crippen LogP contribution in [0, 0.1) is 5.92 Å². The molecule has 0 amide bonds. The summed E-state index contributed by atoms with van der Waals surface area (Å²) in [5.74, 6) is -0.369. The molecule has 5 nitrogen and oxygen atoms in total. The number of hydrogen-bond donors (Lipinski definition) is 4. The van der Waals surface area contributed by atoms with Crippen LogP contribution in [0.5, 0.6) is 0 Å². The van der Waals surface area contributed by atoms with Gasteiger partial charge in [0.2, 0.25) is 0 Å². The molecule has 1 aromatic carbocycles. The van der Waals surface area contributed by atoms with Crippen LogP contribution in [0.2, 0.25) is 0 Å². The van der Waals surface area contributed by atoms with Crippen molar-refractivity contribution in [1.29, 1.82) is 0 Å². The lowest BCUT2D eigenvalue weighted by Gasteiger charge is -2.41. The van der Waals surface area contributed by atoms with Crippen molar-refractivity contribution in [3.05, 3.63) is 29.8 Å². The van der Waals surface area contributed by atoms with Crippen molar-refractivity contribution in [3.63, 3.8) is 0 Å². The fourth-order valence-electron chi connectivity index (χ4n) is 3.50. The average molecular weight is 333 g/mol. The van der Waals surface area contributed by atoms with Gasteiger partial charge in [0.25, 0.3) is 0 Å². The van der Waals surface area contributed by atoms with Crippen molar-refractivity contribution in [2.75, 3.05) is 0 Å². The van der Waals surface area contributed by atoms with Crippen molar-refractivity contribution < 1.29 is 19.9 Å². The molecule has 0 bridgehead atoms. The molecular formula is C18H28BNO4. The van der Waals surface area contributed by atoms with E-state index in [4.69, 9.17) is 20.9 Å². The third-order valence-corrected chi connectivity index (χ3v) is 5.09. The number of unbranched alkanes of at least 4 members (excludes halogenated alkanes) is 4. The van der Waals surface area contributed by atoms with Gasteiger partial charge in [0.05, 0.1) is 0 Å².